The van der Waals surface area contributed by atoms with Gasteiger partial charge in [0.1, 0.15) is 0 Å². The third-order valence-electron chi connectivity index (χ3n) is 7.28. The van der Waals surface area contributed by atoms with E-state index in [9.17, 15) is 0 Å². The molecule has 5 aromatic carbocycles. The first kappa shape index (κ1) is 53.4. The van der Waals surface area contributed by atoms with Crippen LogP contribution in [0, 0.1) is 13.0 Å². The third kappa shape index (κ3) is 12.0. The number of rotatable bonds is 0. The van der Waals surface area contributed by atoms with E-state index >= 15 is 0 Å². The number of nitrogens with zero attached hydrogens (tertiary/aromatic N) is 3. The second-order valence-corrected chi connectivity index (χ2v) is 9.81. The van der Waals surface area contributed by atoms with Gasteiger partial charge in [-0.05, 0) is 56.6 Å². The van der Waals surface area contributed by atoms with Crippen LogP contribution in [0.1, 0.15) is 97.9 Å². The zero-order valence-electron chi connectivity index (χ0n) is 33.5. The number of aromatic nitrogens is 2. The molecule has 0 fully saturated rings. The minimum Gasteiger partial charge on any atom is -0.358 e. The van der Waals surface area contributed by atoms with E-state index in [0.29, 0.717) is 0 Å². The first-order valence-corrected chi connectivity index (χ1v) is 17.8. The van der Waals surface area contributed by atoms with E-state index in [1.165, 1.54) is 50.9 Å². The summed E-state index contributed by atoms with van der Waals surface area (Å²) < 4.78 is 0. The Morgan fingerprint density at radius 3 is 0.904 bits per heavy atom. The number of nitrogens with two attached hydrogens (primary N) is 1. The smallest absolute Gasteiger partial charge is 0.0886 e. The summed E-state index contributed by atoms with van der Waals surface area (Å²) in [6.07, 6.45) is 4.64. The van der Waals surface area contributed by atoms with Gasteiger partial charge in [-0.3, -0.25) is 9.97 Å². The maximum Gasteiger partial charge on any atom is 0.0886 e. The Morgan fingerprint density at radius 1 is 0.481 bits per heavy atom. The molecule has 6 aromatic rings. The summed E-state index contributed by atoms with van der Waals surface area (Å²) in [6, 6.07) is 43.5. The van der Waals surface area contributed by atoms with Crippen LogP contribution in [0.2, 0.25) is 0 Å². The van der Waals surface area contributed by atoms with Crippen molar-refractivity contribution in [1.82, 2.24) is 9.97 Å². The van der Waals surface area contributed by atoms with Gasteiger partial charge < -0.3 is 13.3 Å². The van der Waals surface area contributed by atoms with Gasteiger partial charge in [-0.2, -0.15) is 5.53 Å². The van der Waals surface area contributed by atoms with E-state index < -0.39 is 0 Å². The van der Waals surface area contributed by atoms with Crippen LogP contribution < -0.4 is 5.84 Å². The SMILES string of the molecule is CC.CC.CC.CC.CCC.N=NN.[CH3-].[Y].[Y].c1ccc2c(c1)-c1ccccc1C21c2ccccc2-c2ccccc21.c1ccc2nccnc2c1. The Balaban J connectivity index is -0.000000752. The number of hydrogen-bond acceptors (Lipinski definition) is 4. The molecule has 2 aliphatic rings. The minimum absolute atomic E-state index is 0. The molecule has 3 N–H and O–H groups in total. The van der Waals surface area contributed by atoms with Crippen molar-refractivity contribution in [2.75, 3.05) is 0 Å². The number of nitrogens with one attached hydrogen (secondary N) is 1. The summed E-state index contributed by atoms with van der Waals surface area (Å²) >= 11 is 0. The maximum absolute atomic E-state index is 5.61. The van der Waals surface area contributed by atoms with Crippen LogP contribution in [-0.4, -0.2) is 9.97 Å². The predicted molar refractivity (Wildman–Crippen MR) is 219 cm³/mol. The van der Waals surface area contributed by atoms with Crippen molar-refractivity contribution >= 4 is 11.0 Å². The Hall–Kier alpha value is -2.95. The van der Waals surface area contributed by atoms with Crippen molar-refractivity contribution in [3.63, 3.8) is 0 Å². The normalized spacial score (nSPS) is 10.0. The van der Waals surface area contributed by atoms with Gasteiger partial charge >= 0.3 is 0 Å². The summed E-state index contributed by atoms with van der Waals surface area (Å²) in [5.74, 6) is 4.14. The molecule has 1 spiro atoms. The first-order chi connectivity index (χ1) is 24.2. The van der Waals surface area contributed by atoms with Crippen LogP contribution >= 0.6 is 0 Å². The second-order valence-electron chi connectivity index (χ2n) is 9.81. The zero-order valence-corrected chi connectivity index (χ0v) is 39.2. The number of hydrogen-bond donors (Lipinski definition) is 2. The number of para-hydroxylation sites is 2. The molecule has 272 valence electrons. The average molecular weight is 849 g/mol. The number of fused-ring (bicyclic) bond motifs is 11. The van der Waals surface area contributed by atoms with Crippen molar-refractivity contribution in [3.8, 4) is 22.3 Å². The van der Waals surface area contributed by atoms with Crippen LogP contribution in [0.3, 0.4) is 0 Å². The fourth-order valence-corrected chi connectivity index (χ4v) is 5.96. The second kappa shape index (κ2) is 30.5. The van der Waals surface area contributed by atoms with Gasteiger partial charge in [0.2, 0.25) is 0 Å². The Bertz CT molecular complexity index is 1550. The van der Waals surface area contributed by atoms with E-state index in [0.717, 1.165) is 11.0 Å². The van der Waals surface area contributed by atoms with E-state index in [-0.39, 0.29) is 78.3 Å². The van der Waals surface area contributed by atoms with Crippen LogP contribution in [0.15, 0.2) is 139 Å². The molecule has 7 heteroatoms. The van der Waals surface area contributed by atoms with Crippen molar-refractivity contribution in [3.05, 3.63) is 163 Å². The molecule has 2 radical (unpaired) electrons. The van der Waals surface area contributed by atoms with Crippen LogP contribution in [0.25, 0.3) is 33.3 Å². The predicted octanol–water partition coefficient (Wildman–Crippen LogP) is 13.5. The topological polar surface area (TPSA) is 88.0 Å². The van der Waals surface area contributed by atoms with Gasteiger partial charge in [0.25, 0.3) is 0 Å². The quantitative estimate of drug-likeness (QED) is 0.0689. The van der Waals surface area contributed by atoms with Crippen molar-refractivity contribution in [1.29, 1.82) is 5.53 Å². The molecule has 0 saturated heterocycles. The molecule has 0 saturated carbocycles. The Labute approximate surface area is 366 Å². The van der Waals surface area contributed by atoms with Gasteiger partial charge in [0, 0.05) is 77.8 Å². The molecule has 1 aromatic heterocycles. The summed E-state index contributed by atoms with van der Waals surface area (Å²) in [5.41, 5.74) is 18.4. The van der Waals surface area contributed by atoms with E-state index in [4.69, 9.17) is 5.53 Å². The van der Waals surface area contributed by atoms with Gasteiger partial charge in [-0.15, -0.1) is 0 Å². The van der Waals surface area contributed by atoms with Crippen molar-refractivity contribution in [2.45, 2.75) is 81.1 Å². The van der Waals surface area contributed by atoms with Gasteiger partial charge in [-0.25, -0.2) is 0 Å². The summed E-state index contributed by atoms with van der Waals surface area (Å²) in [4.78, 5) is 8.24. The Kier molecular flexibility index (Phi) is 31.3. The molecule has 5 nitrogen and oxygen atoms in total. The molecular weight excluding hydrogens is 788 g/mol. The fourth-order valence-electron chi connectivity index (χ4n) is 5.96. The van der Waals surface area contributed by atoms with Gasteiger partial charge in [0.05, 0.1) is 16.4 Å². The van der Waals surface area contributed by atoms with Gasteiger partial charge in [0.15, 0.2) is 0 Å². The van der Waals surface area contributed by atoms with E-state index in [1.54, 1.807) is 12.4 Å². The molecule has 8 rings (SSSR count). The molecule has 1 heterocycles. The zero-order chi connectivity index (χ0) is 36.7. The van der Waals surface area contributed by atoms with Crippen LogP contribution in [0.5, 0.6) is 0 Å². The maximum atomic E-state index is 5.61. The van der Waals surface area contributed by atoms with Crippen molar-refractivity contribution < 1.29 is 65.4 Å². The molecule has 0 atom stereocenters. The van der Waals surface area contributed by atoms with E-state index in [2.05, 4.69) is 132 Å². The molecule has 0 unspecified atom stereocenters. The Morgan fingerprint density at radius 2 is 0.673 bits per heavy atom. The molecule has 2 aliphatic carbocycles. The molecule has 52 heavy (non-hydrogen) atoms. The molecule has 0 amide bonds. The van der Waals surface area contributed by atoms with E-state index in [1.807, 2.05) is 79.7 Å². The summed E-state index contributed by atoms with van der Waals surface area (Å²) in [6.45, 7) is 20.2. The fraction of sp³-hybridized carbons (Fsp3) is 0.267. The molecule has 0 aliphatic heterocycles. The first-order valence-electron chi connectivity index (χ1n) is 17.8. The third-order valence-corrected chi connectivity index (χ3v) is 7.28. The van der Waals surface area contributed by atoms with Crippen LogP contribution in [-0.2, 0) is 70.8 Å². The summed E-state index contributed by atoms with van der Waals surface area (Å²) in [7, 11) is 0. The average Bonchev–Trinajstić information content (AvgIpc) is 3.67. The monoisotopic (exact) mass is 848 g/mol. The van der Waals surface area contributed by atoms with Crippen LogP contribution in [0.4, 0.5) is 0 Å². The standard InChI is InChI=1S/C25H16.C8H6N2.C3H8.4C2H6.CH3.H3N3.2Y/c1-5-13-21-17(9-1)18-10-2-6-14-22(18)25(21)23-15-7-3-11-19(23)20-12-4-8-16-24(20)25;1-2-4-8-7(3-1)9-5-6-10-8;1-3-2;4*1-2;;1-3-2;;/h1-16H;1-6H;3H2,1-2H3;4*1-2H3;1H3;(H3,1,2);;/q;;;;;;;-1;;;. The number of benzene rings is 5. The van der Waals surface area contributed by atoms with Gasteiger partial charge in [-0.1, -0.05) is 190 Å². The van der Waals surface area contributed by atoms with Crippen molar-refractivity contribution in [2.24, 2.45) is 11.1 Å². The molecule has 0 bridgehead atoms. The molecular formula is C45H60N5Y2-. The summed E-state index contributed by atoms with van der Waals surface area (Å²) in [5, 5.41) is 2.25. The minimum atomic E-state index is -0.180. The largest absolute Gasteiger partial charge is 0.358 e.